The second-order valence-electron chi connectivity index (χ2n) is 5.34. The molecule has 1 atom stereocenters. The molecule has 18 heavy (non-hydrogen) atoms. The van der Waals surface area contributed by atoms with Crippen molar-refractivity contribution in [3.63, 3.8) is 0 Å². The van der Waals surface area contributed by atoms with E-state index < -0.39 is 5.82 Å². The molecule has 1 aromatic rings. The minimum absolute atomic E-state index is 0.220. The molecule has 0 radical (unpaired) electrons. The van der Waals surface area contributed by atoms with Crippen LogP contribution in [0.15, 0.2) is 18.2 Å². The van der Waals surface area contributed by atoms with E-state index >= 15 is 0 Å². The van der Waals surface area contributed by atoms with Crippen molar-refractivity contribution in [2.24, 2.45) is 0 Å². The van der Waals surface area contributed by atoms with Crippen LogP contribution in [0.1, 0.15) is 24.8 Å². The van der Waals surface area contributed by atoms with Gasteiger partial charge in [0, 0.05) is 37.3 Å². The molecule has 4 heteroatoms. The molecule has 1 heterocycles. The van der Waals surface area contributed by atoms with Crippen LogP contribution < -0.4 is 5.32 Å². The number of phenols is 1. The lowest BCUT2D eigenvalue weighted by Gasteiger charge is -2.16. The summed E-state index contributed by atoms with van der Waals surface area (Å²) >= 11 is 0. The number of hydrogen-bond acceptors (Lipinski definition) is 3. The fourth-order valence-electron chi connectivity index (χ4n) is 2.68. The SMILES string of the molecule is Oc1c(F)cccc1CNC1CCN(C2CC2)C1. The Labute approximate surface area is 107 Å². The van der Waals surface area contributed by atoms with Gasteiger partial charge in [-0.05, 0) is 25.3 Å². The van der Waals surface area contributed by atoms with Crippen LogP contribution >= 0.6 is 0 Å². The molecule has 0 spiro atoms. The first-order chi connectivity index (χ1) is 8.74. The monoisotopic (exact) mass is 250 g/mol. The average Bonchev–Trinajstić information content (AvgIpc) is 3.11. The maximum Gasteiger partial charge on any atom is 0.165 e. The number of aromatic hydroxyl groups is 1. The summed E-state index contributed by atoms with van der Waals surface area (Å²) in [6, 6.07) is 5.96. The second kappa shape index (κ2) is 4.86. The van der Waals surface area contributed by atoms with Gasteiger partial charge in [0.25, 0.3) is 0 Å². The smallest absolute Gasteiger partial charge is 0.165 e. The first kappa shape index (κ1) is 11.9. The molecular formula is C14H19FN2O. The summed E-state index contributed by atoms with van der Waals surface area (Å²) in [5, 5.41) is 13.0. The Balaban J connectivity index is 1.53. The van der Waals surface area contributed by atoms with Gasteiger partial charge in [-0.25, -0.2) is 4.39 Å². The highest BCUT2D eigenvalue weighted by Crippen LogP contribution is 2.30. The zero-order valence-corrected chi connectivity index (χ0v) is 10.4. The Bertz CT molecular complexity index is 434. The summed E-state index contributed by atoms with van der Waals surface area (Å²) in [6.45, 7) is 2.78. The third-order valence-electron chi connectivity index (χ3n) is 3.93. The maximum absolute atomic E-state index is 13.2. The van der Waals surface area contributed by atoms with Crippen LogP contribution in [0, 0.1) is 5.82 Å². The van der Waals surface area contributed by atoms with Crippen LogP contribution in [0.3, 0.4) is 0 Å². The predicted molar refractivity (Wildman–Crippen MR) is 67.9 cm³/mol. The predicted octanol–water partition coefficient (Wildman–Crippen LogP) is 1.86. The number of halogens is 1. The molecule has 3 rings (SSSR count). The normalized spacial score (nSPS) is 24.6. The molecule has 3 nitrogen and oxygen atoms in total. The number of nitrogens with zero attached hydrogens (tertiary/aromatic N) is 1. The van der Waals surface area contributed by atoms with Gasteiger partial charge in [-0.15, -0.1) is 0 Å². The van der Waals surface area contributed by atoms with Gasteiger partial charge in [-0.1, -0.05) is 12.1 Å². The number of hydrogen-bond donors (Lipinski definition) is 2. The summed E-state index contributed by atoms with van der Waals surface area (Å²) < 4.78 is 13.2. The Kier molecular flexibility index (Phi) is 3.22. The van der Waals surface area contributed by atoms with E-state index in [-0.39, 0.29) is 5.75 Å². The molecule has 1 unspecified atom stereocenters. The van der Waals surface area contributed by atoms with Crippen molar-refractivity contribution in [1.29, 1.82) is 0 Å². The second-order valence-corrected chi connectivity index (χ2v) is 5.34. The standard InChI is InChI=1S/C14H19FN2O/c15-13-3-1-2-10(14(13)18)8-16-11-6-7-17(9-11)12-4-5-12/h1-3,11-12,16,18H,4-9H2. The van der Waals surface area contributed by atoms with E-state index in [0.717, 1.165) is 25.6 Å². The van der Waals surface area contributed by atoms with Crippen molar-refractivity contribution in [2.75, 3.05) is 13.1 Å². The molecule has 1 saturated carbocycles. The minimum atomic E-state index is -0.541. The summed E-state index contributed by atoms with van der Waals surface area (Å²) in [5.41, 5.74) is 0.639. The van der Waals surface area contributed by atoms with Crippen LogP contribution in [0.4, 0.5) is 4.39 Å². The van der Waals surface area contributed by atoms with Gasteiger partial charge in [0.2, 0.25) is 0 Å². The van der Waals surface area contributed by atoms with E-state index in [0.29, 0.717) is 18.2 Å². The highest BCUT2D eigenvalue weighted by atomic mass is 19.1. The third-order valence-corrected chi connectivity index (χ3v) is 3.93. The van der Waals surface area contributed by atoms with Crippen molar-refractivity contribution in [3.05, 3.63) is 29.6 Å². The van der Waals surface area contributed by atoms with Crippen molar-refractivity contribution in [1.82, 2.24) is 10.2 Å². The largest absolute Gasteiger partial charge is 0.505 e. The van der Waals surface area contributed by atoms with Crippen LogP contribution in [-0.2, 0) is 6.54 Å². The fourth-order valence-corrected chi connectivity index (χ4v) is 2.68. The van der Waals surface area contributed by atoms with Gasteiger partial charge in [-0.2, -0.15) is 0 Å². The van der Waals surface area contributed by atoms with E-state index in [2.05, 4.69) is 10.2 Å². The molecule has 1 saturated heterocycles. The summed E-state index contributed by atoms with van der Waals surface area (Å²) in [6.07, 6.45) is 3.83. The first-order valence-electron chi connectivity index (χ1n) is 6.68. The Morgan fingerprint density at radius 2 is 2.17 bits per heavy atom. The van der Waals surface area contributed by atoms with Gasteiger partial charge in [0.05, 0.1) is 0 Å². The molecule has 0 bridgehead atoms. The highest BCUT2D eigenvalue weighted by Gasteiger charge is 2.34. The van der Waals surface area contributed by atoms with Crippen LogP contribution in [-0.4, -0.2) is 35.2 Å². The zero-order valence-electron chi connectivity index (χ0n) is 10.4. The van der Waals surface area contributed by atoms with Crippen molar-refractivity contribution < 1.29 is 9.50 Å². The third kappa shape index (κ3) is 2.49. The van der Waals surface area contributed by atoms with Crippen molar-refractivity contribution in [2.45, 2.75) is 37.9 Å². The van der Waals surface area contributed by atoms with Gasteiger partial charge in [0.15, 0.2) is 11.6 Å². The molecule has 1 aliphatic heterocycles. The lowest BCUT2D eigenvalue weighted by Crippen LogP contribution is -2.32. The molecule has 2 N–H and O–H groups in total. The van der Waals surface area contributed by atoms with Crippen LogP contribution in [0.5, 0.6) is 5.75 Å². The molecule has 2 fully saturated rings. The van der Waals surface area contributed by atoms with E-state index in [1.165, 1.54) is 18.9 Å². The zero-order chi connectivity index (χ0) is 12.5. The van der Waals surface area contributed by atoms with Gasteiger partial charge >= 0.3 is 0 Å². The molecule has 2 aliphatic rings. The first-order valence-corrected chi connectivity index (χ1v) is 6.68. The van der Waals surface area contributed by atoms with Crippen molar-refractivity contribution >= 4 is 0 Å². The lowest BCUT2D eigenvalue weighted by atomic mass is 10.1. The van der Waals surface area contributed by atoms with Gasteiger partial charge in [0.1, 0.15) is 0 Å². The Morgan fingerprint density at radius 3 is 2.94 bits per heavy atom. The highest BCUT2D eigenvalue weighted by molar-refractivity contribution is 5.33. The van der Waals surface area contributed by atoms with Crippen LogP contribution in [0.25, 0.3) is 0 Å². The number of likely N-dealkylation sites (tertiary alicyclic amines) is 1. The Morgan fingerprint density at radius 1 is 1.33 bits per heavy atom. The fraction of sp³-hybridized carbons (Fsp3) is 0.571. The van der Waals surface area contributed by atoms with Crippen molar-refractivity contribution in [3.8, 4) is 5.75 Å². The summed E-state index contributed by atoms with van der Waals surface area (Å²) in [4.78, 5) is 2.53. The molecule has 98 valence electrons. The van der Waals surface area contributed by atoms with E-state index in [4.69, 9.17) is 0 Å². The molecular weight excluding hydrogens is 231 g/mol. The topological polar surface area (TPSA) is 35.5 Å². The summed E-state index contributed by atoms with van der Waals surface area (Å²) in [7, 11) is 0. The quantitative estimate of drug-likeness (QED) is 0.856. The number of para-hydroxylation sites is 1. The number of rotatable bonds is 4. The summed E-state index contributed by atoms with van der Waals surface area (Å²) in [5.74, 6) is -0.762. The molecule has 1 aliphatic carbocycles. The number of nitrogens with one attached hydrogen (secondary N) is 1. The molecule has 1 aromatic carbocycles. The van der Waals surface area contributed by atoms with E-state index in [9.17, 15) is 9.50 Å². The van der Waals surface area contributed by atoms with Crippen LogP contribution in [0.2, 0.25) is 0 Å². The minimum Gasteiger partial charge on any atom is -0.505 e. The number of phenolic OH excluding ortho intramolecular Hbond substituents is 1. The lowest BCUT2D eigenvalue weighted by molar-refractivity contribution is 0.317. The van der Waals surface area contributed by atoms with Gasteiger partial charge in [-0.3, -0.25) is 4.90 Å². The number of benzene rings is 1. The average molecular weight is 250 g/mol. The molecule has 0 amide bonds. The van der Waals surface area contributed by atoms with Gasteiger partial charge < -0.3 is 10.4 Å². The van der Waals surface area contributed by atoms with E-state index in [1.54, 1.807) is 12.1 Å². The maximum atomic E-state index is 13.2. The molecule has 0 aromatic heterocycles. The van der Waals surface area contributed by atoms with E-state index in [1.807, 2.05) is 0 Å². The Hall–Kier alpha value is -1.13.